The van der Waals surface area contributed by atoms with Crippen LogP contribution in [0.3, 0.4) is 0 Å². The highest BCUT2D eigenvalue weighted by Crippen LogP contribution is 2.26. The van der Waals surface area contributed by atoms with Gasteiger partial charge in [0.15, 0.2) is 0 Å². The predicted octanol–water partition coefficient (Wildman–Crippen LogP) is 3.18. The van der Waals surface area contributed by atoms with Crippen LogP contribution in [0, 0.1) is 12.8 Å². The smallest absolute Gasteiger partial charge is 0.0589 e. The first kappa shape index (κ1) is 19.0. The van der Waals surface area contributed by atoms with E-state index < -0.39 is 0 Å². The molecule has 2 saturated heterocycles. The van der Waals surface area contributed by atoms with Gasteiger partial charge in [-0.1, -0.05) is 17.7 Å². The third-order valence-corrected chi connectivity index (χ3v) is 6.10. The molecule has 2 aliphatic heterocycles. The Morgan fingerprint density at radius 3 is 2.72 bits per heavy atom. The van der Waals surface area contributed by atoms with Gasteiger partial charge in [0.25, 0.3) is 0 Å². The van der Waals surface area contributed by atoms with Crippen molar-refractivity contribution in [3.63, 3.8) is 0 Å². The largest absolute Gasteiger partial charge is 0.383 e. The molecule has 3 rings (SSSR count). The standard InChI is InChI=1S/C20H32ClN3O/c1-16-3-4-19(13-20(16)21)24-9-6-18(7-10-24)22-14-17-5-8-23(15-17)11-12-25-2/h3-4,13,17-18,22H,5-12,14-15H2,1-2H3. The molecular weight excluding hydrogens is 334 g/mol. The highest BCUT2D eigenvalue weighted by Gasteiger charge is 2.24. The second-order valence-corrected chi connectivity index (χ2v) is 7.96. The molecule has 0 saturated carbocycles. The summed E-state index contributed by atoms with van der Waals surface area (Å²) in [7, 11) is 1.78. The van der Waals surface area contributed by atoms with Gasteiger partial charge in [0, 0.05) is 50.0 Å². The van der Waals surface area contributed by atoms with Crippen molar-refractivity contribution < 1.29 is 4.74 Å². The van der Waals surface area contributed by atoms with Gasteiger partial charge in [0.05, 0.1) is 6.61 Å². The van der Waals surface area contributed by atoms with Crippen LogP contribution in [0.15, 0.2) is 18.2 Å². The minimum Gasteiger partial charge on any atom is -0.383 e. The summed E-state index contributed by atoms with van der Waals surface area (Å²) >= 11 is 6.28. The predicted molar refractivity (Wildman–Crippen MR) is 106 cm³/mol. The van der Waals surface area contributed by atoms with E-state index in [-0.39, 0.29) is 0 Å². The number of halogens is 1. The number of likely N-dealkylation sites (tertiary alicyclic amines) is 1. The Labute approximate surface area is 157 Å². The summed E-state index contributed by atoms with van der Waals surface area (Å²) in [6.07, 6.45) is 3.74. The number of nitrogens with one attached hydrogen (secondary N) is 1. The topological polar surface area (TPSA) is 27.7 Å². The van der Waals surface area contributed by atoms with Crippen molar-refractivity contribution in [3.8, 4) is 0 Å². The van der Waals surface area contributed by atoms with Crippen LogP contribution in [0.1, 0.15) is 24.8 Å². The number of hydrogen-bond donors (Lipinski definition) is 1. The van der Waals surface area contributed by atoms with Gasteiger partial charge in [-0.2, -0.15) is 0 Å². The maximum atomic E-state index is 6.28. The van der Waals surface area contributed by atoms with E-state index in [1.165, 1.54) is 38.0 Å². The summed E-state index contributed by atoms with van der Waals surface area (Å²) in [6, 6.07) is 7.09. The molecule has 4 nitrogen and oxygen atoms in total. The summed E-state index contributed by atoms with van der Waals surface area (Å²) in [5.41, 5.74) is 2.41. The third kappa shape index (κ3) is 5.33. The highest BCUT2D eigenvalue weighted by atomic mass is 35.5. The summed E-state index contributed by atoms with van der Waals surface area (Å²) in [5.74, 6) is 0.797. The third-order valence-electron chi connectivity index (χ3n) is 5.69. The second kappa shape index (κ2) is 9.22. The zero-order valence-electron chi connectivity index (χ0n) is 15.6. The lowest BCUT2D eigenvalue weighted by atomic mass is 10.0. The Morgan fingerprint density at radius 2 is 2.00 bits per heavy atom. The van der Waals surface area contributed by atoms with Gasteiger partial charge < -0.3 is 19.9 Å². The molecule has 25 heavy (non-hydrogen) atoms. The van der Waals surface area contributed by atoms with E-state index in [0.717, 1.165) is 49.3 Å². The Kier molecular flexibility index (Phi) is 7.00. The number of rotatable bonds is 7. The summed E-state index contributed by atoms with van der Waals surface area (Å²) < 4.78 is 5.18. The molecule has 0 spiro atoms. The molecule has 1 aromatic carbocycles. The van der Waals surface area contributed by atoms with Crippen molar-refractivity contribution in [1.82, 2.24) is 10.2 Å². The Bertz CT molecular complexity index is 546. The van der Waals surface area contributed by atoms with Crippen LogP contribution < -0.4 is 10.2 Å². The molecule has 2 aliphatic rings. The number of piperidine rings is 1. The molecule has 1 atom stereocenters. The summed E-state index contributed by atoms with van der Waals surface area (Å²) in [4.78, 5) is 4.99. The molecule has 2 heterocycles. The first-order chi connectivity index (χ1) is 12.2. The van der Waals surface area contributed by atoms with E-state index in [0.29, 0.717) is 6.04 Å². The van der Waals surface area contributed by atoms with Crippen LogP contribution in [0.2, 0.25) is 5.02 Å². The summed E-state index contributed by atoms with van der Waals surface area (Å²) in [6.45, 7) is 9.81. The minimum absolute atomic E-state index is 0.658. The Balaban J connectivity index is 1.37. The van der Waals surface area contributed by atoms with E-state index >= 15 is 0 Å². The second-order valence-electron chi connectivity index (χ2n) is 7.55. The molecule has 0 amide bonds. The fourth-order valence-electron chi connectivity index (χ4n) is 3.96. The van der Waals surface area contributed by atoms with Crippen molar-refractivity contribution >= 4 is 17.3 Å². The van der Waals surface area contributed by atoms with Gasteiger partial charge in [-0.25, -0.2) is 0 Å². The normalized spacial score (nSPS) is 22.7. The molecule has 0 aliphatic carbocycles. The van der Waals surface area contributed by atoms with Crippen LogP contribution >= 0.6 is 11.6 Å². The van der Waals surface area contributed by atoms with E-state index in [2.05, 4.69) is 40.2 Å². The van der Waals surface area contributed by atoms with Crippen molar-refractivity contribution in [1.29, 1.82) is 0 Å². The zero-order valence-corrected chi connectivity index (χ0v) is 16.4. The number of methoxy groups -OCH3 is 1. The van der Waals surface area contributed by atoms with Gasteiger partial charge in [-0.05, 0) is 62.9 Å². The minimum atomic E-state index is 0.658. The van der Waals surface area contributed by atoms with Gasteiger partial charge in [-0.15, -0.1) is 0 Å². The molecule has 1 aromatic rings. The number of hydrogen-bond acceptors (Lipinski definition) is 4. The Morgan fingerprint density at radius 1 is 1.20 bits per heavy atom. The quantitative estimate of drug-likeness (QED) is 0.803. The van der Waals surface area contributed by atoms with Crippen molar-refractivity contribution in [3.05, 3.63) is 28.8 Å². The molecule has 1 unspecified atom stereocenters. The molecule has 140 valence electrons. The van der Waals surface area contributed by atoms with E-state index in [4.69, 9.17) is 16.3 Å². The zero-order chi connectivity index (χ0) is 17.6. The molecule has 2 fully saturated rings. The lowest BCUT2D eigenvalue weighted by Crippen LogP contribution is -2.44. The maximum Gasteiger partial charge on any atom is 0.0589 e. The molecule has 0 radical (unpaired) electrons. The maximum absolute atomic E-state index is 6.28. The number of aryl methyl sites for hydroxylation is 1. The lowest BCUT2D eigenvalue weighted by molar-refractivity contribution is 0.158. The van der Waals surface area contributed by atoms with Crippen LogP contribution in [-0.4, -0.2) is 63.9 Å². The van der Waals surface area contributed by atoms with E-state index in [1.54, 1.807) is 7.11 Å². The molecular formula is C20H32ClN3O. The van der Waals surface area contributed by atoms with Crippen LogP contribution in [0.5, 0.6) is 0 Å². The fraction of sp³-hybridized carbons (Fsp3) is 0.700. The number of benzene rings is 1. The SMILES string of the molecule is COCCN1CCC(CNC2CCN(c3ccc(C)c(Cl)c3)CC2)C1. The van der Waals surface area contributed by atoms with E-state index in [1.807, 2.05) is 0 Å². The molecule has 0 aromatic heterocycles. The van der Waals surface area contributed by atoms with Crippen LogP contribution in [0.4, 0.5) is 5.69 Å². The average Bonchev–Trinajstić information content (AvgIpc) is 3.09. The van der Waals surface area contributed by atoms with Gasteiger partial charge >= 0.3 is 0 Å². The van der Waals surface area contributed by atoms with Crippen LogP contribution in [0.25, 0.3) is 0 Å². The van der Waals surface area contributed by atoms with Crippen LogP contribution in [-0.2, 0) is 4.74 Å². The van der Waals surface area contributed by atoms with Gasteiger partial charge in [-0.3, -0.25) is 0 Å². The molecule has 1 N–H and O–H groups in total. The lowest BCUT2D eigenvalue weighted by Gasteiger charge is -2.34. The molecule has 0 bridgehead atoms. The number of nitrogens with zero attached hydrogens (tertiary/aromatic N) is 2. The van der Waals surface area contributed by atoms with Crippen molar-refractivity contribution in [2.45, 2.75) is 32.2 Å². The molecule has 5 heteroatoms. The highest BCUT2D eigenvalue weighted by molar-refractivity contribution is 6.31. The van der Waals surface area contributed by atoms with Gasteiger partial charge in [0.1, 0.15) is 0 Å². The average molecular weight is 366 g/mol. The van der Waals surface area contributed by atoms with E-state index in [9.17, 15) is 0 Å². The number of anilines is 1. The van der Waals surface area contributed by atoms with Crippen molar-refractivity contribution in [2.24, 2.45) is 5.92 Å². The first-order valence-corrected chi connectivity index (χ1v) is 9.99. The first-order valence-electron chi connectivity index (χ1n) is 9.61. The number of ether oxygens (including phenoxy) is 1. The summed E-state index contributed by atoms with van der Waals surface area (Å²) in [5, 5.41) is 4.69. The fourth-order valence-corrected chi connectivity index (χ4v) is 4.13. The van der Waals surface area contributed by atoms with Gasteiger partial charge in [0.2, 0.25) is 0 Å². The van der Waals surface area contributed by atoms with Crippen molar-refractivity contribution in [2.75, 3.05) is 57.9 Å². The monoisotopic (exact) mass is 365 g/mol. The Hall–Kier alpha value is -0.810.